The Kier molecular flexibility index (Phi) is 9.63. The molecule has 0 amide bonds. The summed E-state index contributed by atoms with van der Waals surface area (Å²) in [6.07, 6.45) is -4.68. The van der Waals surface area contributed by atoms with Crippen LogP contribution in [0.5, 0.6) is 0 Å². The Morgan fingerprint density at radius 1 is 0.875 bits per heavy atom. The monoisotopic (exact) mass is 508 g/mol. The van der Waals surface area contributed by atoms with Crippen LogP contribution in [0.15, 0.2) is 23.1 Å². The van der Waals surface area contributed by atoms with Gasteiger partial charge >= 0.3 is 23.9 Å². The van der Waals surface area contributed by atoms with Crippen LogP contribution in [0.1, 0.15) is 27.7 Å². The topological polar surface area (TPSA) is 114 Å². The summed E-state index contributed by atoms with van der Waals surface area (Å²) >= 11 is 13.4. The van der Waals surface area contributed by atoms with Gasteiger partial charge in [0.25, 0.3) is 0 Å². The third kappa shape index (κ3) is 7.54. The van der Waals surface area contributed by atoms with Crippen molar-refractivity contribution in [1.29, 1.82) is 0 Å². The van der Waals surface area contributed by atoms with E-state index in [9.17, 15) is 19.2 Å². The zero-order chi connectivity index (χ0) is 24.0. The molecule has 0 saturated carbocycles. The highest BCUT2D eigenvalue weighted by molar-refractivity contribution is 8.00. The van der Waals surface area contributed by atoms with E-state index in [-0.39, 0.29) is 6.61 Å². The van der Waals surface area contributed by atoms with Crippen LogP contribution in [-0.4, -0.2) is 60.3 Å². The fourth-order valence-corrected chi connectivity index (χ4v) is 4.63. The van der Waals surface area contributed by atoms with Gasteiger partial charge in [-0.3, -0.25) is 19.2 Å². The van der Waals surface area contributed by atoms with Crippen molar-refractivity contribution in [3.63, 3.8) is 0 Å². The van der Waals surface area contributed by atoms with E-state index < -0.39 is 53.7 Å². The maximum absolute atomic E-state index is 11.8. The first-order valence-electron chi connectivity index (χ1n) is 9.40. The van der Waals surface area contributed by atoms with Gasteiger partial charge in [-0.2, -0.15) is 0 Å². The summed E-state index contributed by atoms with van der Waals surface area (Å²) in [5.41, 5.74) is -0.980. The van der Waals surface area contributed by atoms with Gasteiger partial charge in [-0.1, -0.05) is 35.0 Å². The van der Waals surface area contributed by atoms with Crippen molar-refractivity contribution in [1.82, 2.24) is 0 Å². The van der Waals surface area contributed by atoms with Gasteiger partial charge < -0.3 is 23.7 Å². The second-order valence-electron chi connectivity index (χ2n) is 6.76. The van der Waals surface area contributed by atoms with Crippen molar-refractivity contribution in [2.45, 2.75) is 62.4 Å². The third-order valence-electron chi connectivity index (χ3n) is 4.08. The summed E-state index contributed by atoms with van der Waals surface area (Å²) in [6, 6.07) is 4.77. The molecule has 1 aliphatic rings. The first kappa shape index (κ1) is 26.2. The van der Waals surface area contributed by atoms with Crippen molar-refractivity contribution in [2.24, 2.45) is 0 Å². The van der Waals surface area contributed by atoms with Gasteiger partial charge in [0.15, 0.2) is 18.3 Å². The van der Waals surface area contributed by atoms with Gasteiger partial charge in [0.1, 0.15) is 18.1 Å². The van der Waals surface area contributed by atoms with Crippen molar-refractivity contribution < 1.29 is 42.9 Å². The molecule has 0 N–H and O–H groups in total. The number of thioether (sulfide) groups is 1. The molecule has 176 valence electrons. The molecule has 12 heteroatoms. The van der Waals surface area contributed by atoms with E-state index in [0.717, 1.165) is 25.6 Å². The number of ether oxygens (including phenoxy) is 5. The van der Waals surface area contributed by atoms with E-state index in [1.165, 1.54) is 13.8 Å². The van der Waals surface area contributed by atoms with Crippen LogP contribution < -0.4 is 0 Å². The maximum atomic E-state index is 11.8. The van der Waals surface area contributed by atoms with Gasteiger partial charge in [0.2, 0.25) is 0 Å². The van der Waals surface area contributed by atoms with Crippen LogP contribution in [0.25, 0.3) is 0 Å². The maximum Gasteiger partial charge on any atom is 0.303 e. The predicted molar refractivity (Wildman–Crippen MR) is 114 cm³/mol. The lowest BCUT2D eigenvalue weighted by Crippen LogP contribution is -2.61. The van der Waals surface area contributed by atoms with Crippen LogP contribution in [0.3, 0.4) is 0 Å². The lowest BCUT2D eigenvalue weighted by molar-refractivity contribution is -0.237. The van der Waals surface area contributed by atoms with E-state index >= 15 is 0 Å². The van der Waals surface area contributed by atoms with Crippen LogP contribution in [0.4, 0.5) is 0 Å². The Bertz CT molecular complexity index is 879. The van der Waals surface area contributed by atoms with Crippen LogP contribution >= 0.6 is 35.0 Å². The highest BCUT2D eigenvalue weighted by Gasteiger charge is 2.52. The zero-order valence-electron chi connectivity index (χ0n) is 17.7. The Morgan fingerprint density at radius 2 is 1.44 bits per heavy atom. The molecule has 32 heavy (non-hydrogen) atoms. The van der Waals surface area contributed by atoms with Crippen molar-refractivity contribution >= 4 is 58.8 Å². The predicted octanol–water partition coefficient (Wildman–Crippen LogP) is 3.17. The summed E-state index contributed by atoms with van der Waals surface area (Å²) in [4.78, 5) is 47.3. The molecule has 1 aromatic rings. The molecule has 0 spiro atoms. The molecule has 9 nitrogen and oxygen atoms in total. The summed E-state index contributed by atoms with van der Waals surface area (Å²) < 4.78 is 27.2. The number of rotatable bonds is 7. The summed E-state index contributed by atoms with van der Waals surface area (Å²) in [5.74, 6) is -2.68. The number of hydrogen-bond acceptors (Lipinski definition) is 10. The Balaban J connectivity index is 2.49. The second-order valence-corrected chi connectivity index (χ2v) is 8.74. The zero-order valence-corrected chi connectivity index (χ0v) is 20.0. The van der Waals surface area contributed by atoms with Gasteiger partial charge in [-0.15, -0.1) is 0 Å². The highest BCUT2D eigenvalue weighted by Crippen LogP contribution is 2.40. The molecule has 1 aromatic carbocycles. The summed E-state index contributed by atoms with van der Waals surface area (Å²) in [6.45, 7) is 4.37. The molecule has 0 aliphatic carbocycles. The van der Waals surface area contributed by atoms with E-state index in [0.29, 0.717) is 14.9 Å². The molecular weight excluding hydrogens is 487 g/mol. The molecule has 0 bridgehead atoms. The Labute approximate surface area is 198 Å². The highest BCUT2D eigenvalue weighted by atomic mass is 35.5. The van der Waals surface area contributed by atoms with E-state index in [1.54, 1.807) is 18.2 Å². The SMILES string of the molecule is CC(=O)OC[C@H]1O[C@@H](Sc2cc(Cl)ccc2Cl)[C@@H](OC(C)=O)[C@@H](OC(C)=O)[C@H]1OC(C)=O. The molecule has 0 aromatic heterocycles. The third-order valence-corrected chi connectivity index (χ3v) is 5.96. The molecule has 0 radical (unpaired) electrons. The van der Waals surface area contributed by atoms with Crippen LogP contribution in [-0.2, 0) is 42.9 Å². The lowest BCUT2D eigenvalue weighted by atomic mass is 9.99. The number of carbonyl (C=O) groups is 4. The molecular formula is C20H22Cl2O9S. The fourth-order valence-electron chi connectivity index (χ4n) is 2.98. The fraction of sp³-hybridized carbons (Fsp3) is 0.500. The molecule has 5 atom stereocenters. The average Bonchev–Trinajstić information content (AvgIpc) is 2.66. The first-order chi connectivity index (χ1) is 15.0. The van der Waals surface area contributed by atoms with Crippen LogP contribution in [0, 0.1) is 0 Å². The standard InChI is InChI=1S/C20H22Cl2O9S/c1-9(23)27-8-15-17(28-10(2)24)18(29-11(3)25)19(30-12(4)26)20(31-15)32-16-7-13(21)5-6-14(16)22/h5-7,15,17-20H,8H2,1-4H3/t15-,17+,18+,19+,20+/m1/s1. The summed E-state index contributed by atoms with van der Waals surface area (Å²) in [5, 5.41) is 0.759. The molecule has 1 aliphatic heterocycles. The Morgan fingerprint density at radius 3 is 2.00 bits per heavy atom. The van der Waals surface area contributed by atoms with Crippen molar-refractivity contribution in [3.8, 4) is 0 Å². The Hall–Kier alpha value is -2.01. The largest absolute Gasteiger partial charge is 0.463 e. The second kappa shape index (κ2) is 11.7. The van der Waals surface area contributed by atoms with E-state index in [4.69, 9.17) is 46.9 Å². The molecule has 1 saturated heterocycles. The number of benzene rings is 1. The lowest BCUT2D eigenvalue weighted by Gasteiger charge is -2.44. The minimum absolute atomic E-state index is 0.307. The number of hydrogen-bond donors (Lipinski definition) is 0. The van der Waals surface area contributed by atoms with Gasteiger partial charge in [-0.05, 0) is 18.2 Å². The molecule has 1 heterocycles. The average molecular weight is 509 g/mol. The number of carbonyl (C=O) groups excluding carboxylic acids is 4. The minimum Gasteiger partial charge on any atom is -0.463 e. The quantitative estimate of drug-likeness (QED) is 0.401. The van der Waals surface area contributed by atoms with E-state index in [1.807, 2.05) is 0 Å². The summed E-state index contributed by atoms with van der Waals surface area (Å²) in [7, 11) is 0. The van der Waals surface area contributed by atoms with Crippen molar-refractivity contribution in [3.05, 3.63) is 28.2 Å². The van der Waals surface area contributed by atoms with Crippen LogP contribution in [0.2, 0.25) is 10.0 Å². The van der Waals surface area contributed by atoms with Gasteiger partial charge in [-0.25, -0.2) is 0 Å². The number of halogens is 2. The van der Waals surface area contributed by atoms with Crippen molar-refractivity contribution in [2.75, 3.05) is 6.61 Å². The van der Waals surface area contributed by atoms with Gasteiger partial charge in [0, 0.05) is 37.6 Å². The molecule has 2 rings (SSSR count). The molecule has 0 unspecified atom stereocenters. The minimum atomic E-state index is -1.25. The first-order valence-corrected chi connectivity index (χ1v) is 11.0. The number of esters is 4. The molecule has 1 fully saturated rings. The van der Waals surface area contributed by atoms with Gasteiger partial charge in [0.05, 0.1) is 5.02 Å². The smallest absolute Gasteiger partial charge is 0.303 e. The normalized spacial score (nSPS) is 24.9. The van der Waals surface area contributed by atoms with E-state index in [2.05, 4.69) is 0 Å².